The Kier molecular flexibility index (Phi) is 15.4. The van der Waals surface area contributed by atoms with E-state index in [0.717, 1.165) is 57.8 Å². The first-order valence-electron chi connectivity index (χ1n) is 11.7. The van der Waals surface area contributed by atoms with Crippen molar-refractivity contribution in [2.75, 3.05) is 0 Å². The fourth-order valence-corrected chi connectivity index (χ4v) is 3.68. The summed E-state index contributed by atoms with van der Waals surface area (Å²) < 4.78 is 6.13. The van der Waals surface area contributed by atoms with E-state index in [4.69, 9.17) is 9.84 Å². The van der Waals surface area contributed by atoms with E-state index in [1.54, 1.807) is 0 Å². The van der Waals surface area contributed by atoms with Crippen LogP contribution in [0.3, 0.4) is 0 Å². The first-order valence-corrected chi connectivity index (χ1v) is 11.7. The molecule has 2 unspecified atom stereocenters. The zero-order chi connectivity index (χ0) is 21.2. The lowest BCUT2D eigenvalue weighted by atomic mass is 10.0. The Labute approximate surface area is 177 Å². The van der Waals surface area contributed by atoms with Crippen LogP contribution < -0.4 is 0 Å². The molecule has 0 spiro atoms. The highest BCUT2D eigenvalue weighted by atomic mass is 16.5. The molecule has 2 N–H and O–H groups in total. The Bertz CT molecular complexity index is 503. The summed E-state index contributed by atoms with van der Waals surface area (Å²) in [6.45, 7) is 2.93. The molecule has 0 amide bonds. The van der Waals surface area contributed by atoms with Gasteiger partial charge in [-0.15, -0.1) is 0 Å². The number of aliphatic hydroxyl groups is 1. The Hall–Kier alpha value is -1.39. The second kappa shape index (κ2) is 17.5. The highest BCUT2D eigenvalue weighted by Gasteiger charge is 2.09. The zero-order valence-electron chi connectivity index (χ0n) is 18.4. The molecular formula is C25H42O4. The molecule has 4 nitrogen and oxygen atoms in total. The van der Waals surface area contributed by atoms with E-state index in [1.165, 1.54) is 31.2 Å². The molecule has 0 radical (unpaired) electrons. The quantitative estimate of drug-likeness (QED) is 0.257. The van der Waals surface area contributed by atoms with Crippen LogP contribution in [0.5, 0.6) is 0 Å². The fraction of sp³-hybridized carbons (Fsp3) is 0.720. The number of carbonyl (C=O) groups is 1. The molecule has 0 aliphatic heterocycles. The maximum absolute atomic E-state index is 10.5. The first-order chi connectivity index (χ1) is 14.1. The summed E-state index contributed by atoms with van der Waals surface area (Å²) in [5, 5.41) is 18.6. The van der Waals surface area contributed by atoms with Crippen molar-refractivity contribution in [3.63, 3.8) is 0 Å². The van der Waals surface area contributed by atoms with Crippen LogP contribution in [0.25, 0.3) is 0 Å². The largest absolute Gasteiger partial charge is 0.481 e. The predicted octanol–water partition coefficient (Wildman–Crippen LogP) is 6.50. The van der Waals surface area contributed by atoms with Gasteiger partial charge in [-0.2, -0.15) is 0 Å². The van der Waals surface area contributed by atoms with Gasteiger partial charge in [0.1, 0.15) is 0 Å². The molecule has 0 aromatic heterocycles. The molecule has 0 aliphatic carbocycles. The number of hydrogen-bond acceptors (Lipinski definition) is 3. The third kappa shape index (κ3) is 15.2. The normalized spacial score (nSPS) is 13.3. The van der Waals surface area contributed by atoms with Crippen LogP contribution in [0.15, 0.2) is 30.3 Å². The number of aliphatic carboxylic acids is 1. The van der Waals surface area contributed by atoms with Crippen molar-refractivity contribution >= 4 is 5.97 Å². The Morgan fingerprint density at radius 1 is 0.862 bits per heavy atom. The van der Waals surface area contributed by atoms with E-state index in [9.17, 15) is 9.90 Å². The third-order valence-corrected chi connectivity index (χ3v) is 5.43. The van der Waals surface area contributed by atoms with Crippen LogP contribution in [0.1, 0.15) is 102 Å². The number of rotatable bonds is 19. The Morgan fingerprint density at radius 2 is 1.45 bits per heavy atom. The summed E-state index contributed by atoms with van der Waals surface area (Å²) >= 11 is 0. The van der Waals surface area contributed by atoms with Crippen LogP contribution in [-0.2, 0) is 16.1 Å². The van der Waals surface area contributed by atoms with Crippen molar-refractivity contribution in [1.29, 1.82) is 0 Å². The van der Waals surface area contributed by atoms with Gasteiger partial charge < -0.3 is 14.9 Å². The average Bonchev–Trinajstić information content (AvgIpc) is 2.71. The molecule has 0 bridgehead atoms. The number of ether oxygens (including phenoxy) is 1. The molecule has 29 heavy (non-hydrogen) atoms. The first kappa shape index (κ1) is 25.6. The highest BCUT2D eigenvalue weighted by molar-refractivity contribution is 5.66. The van der Waals surface area contributed by atoms with Gasteiger partial charge in [-0.3, -0.25) is 4.79 Å². The second-order valence-corrected chi connectivity index (χ2v) is 8.20. The Balaban J connectivity index is 1.98. The molecule has 2 atom stereocenters. The smallest absolute Gasteiger partial charge is 0.303 e. The van der Waals surface area contributed by atoms with Crippen LogP contribution >= 0.6 is 0 Å². The van der Waals surface area contributed by atoms with Crippen LogP contribution in [0, 0.1) is 0 Å². The van der Waals surface area contributed by atoms with E-state index < -0.39 is 5.97 Å². The molecule has 1 rings (SSSR count). The summed E-state index contributed by atoms with van der Waals surface area (Å²) in [4.78, 5) is 10.5. The molecule has 0 aliphatic rings. The average molecular weight is 407 g/mol. The predicted molar refractivity (Wildman–Crippen MR) is 119 cm³/mol. The molecule has 1 aromatic rings. The molecule has 4 heteroatoms. The van der Waals surface area contributed by atoms with E-state index in [2.05, 4.69) is 31.2 Å². The van der Waals surface area contributed by atoms with E-state index in [0.29, 0.717) is 12.7 Å². The summed E-state index contributed by atoms with van der Waals surface area (Å²) in [5.41, 5.74) is 1.24. The van der Waals surface area contributed by atoms with Gasteiger partial charge in [0, 0.05) is 6.42 Å². The van der Waals surface area contributed by atoms with E-state index in [1.807, 2.05) is 6.07 Å². The second-order valence-electron chi connectivity index (χ2n) is 8.20. The van der Waals surface area contributed by atoms with Gasteiger partial charge >= 0.3 is 5.97 Å². The topological polar surface area (TPSA) is 66.8 Å². The van der Waals surface area contributed by atoms with Gasteiger partial charge in [0.05, 0.1) is 18.8 Å². The number of carboxylic acid groups (broad SMARTS) is 1. The van der Waals surface area contributed by atoms with Crippen LogP contribution in [0.4, 0.5) is 0 Å². The van der Waals surface area contributed by atoms with Crippen LogP contribution in [0.2, 0.25) is 0 Å². The fourth-order valence-electron chi connectivity index (χ4n) is 3.68. The van der Waals surface area contributed by atoms with E-state index >= 15 is 0 Å². The number of hydrogen-bond donors (Lipinski definition) is 2. The number of carboxylic acids is 1. The van der Waals surface area contributed by atoms with Crippen molar-refractivity contribution in [3.05, 3.63) is 35.9 Å². The highest BCUT2D eigenvalue weighted by Crippen LogP contribution is 2.17. The maximum Gasteiger partial charge on any atom is 0.303 e. The number of unbranched alkanes of at least 4 members (excludes halogenated alkanes) is 6. The van der Waals surface area contributed by atoms with Crippen molar-refractivity contribution < 1.29 is 19.7 Å². The summed E-state index contributed by atoms with van der Waals surface area (Å²) in [5.74, 6) is -0.727. The van der Waals surface area contributed by atoms with Crippen molar-refractivity contribution in [2.24, 2.45) is 0 Å². The van der Waals surface area contributed by atoms with Crippen molar-refractivity contribution in [2.45, 2.75) is 116 Å². The SMILES string of the molecule is CCCC(CCCCCCCC(O)CCCCCC(=O)O)OCc1ccccc1. The van der Waals surface area contributed by atoms with Gasteiger partial charge in [-0.05, 0) is 37.7 Å². The summed E-state index contributed by atoms with van der Waals surface area (Å²) in [7, 11) is 0. The molecule has 0 saturated heterocycles. The van der Waals surface area contributed by atoms with Gasteiger partial charge in [0.2, 0.25) is 0 Å². The van der Waals surface area contributed by atoms with Gasteiger partial charge in [-0.1, -0.05) is 88.6 Å². The minimum atomic E-state index is -0.727. The molecule has 0 heterocycles. The summed E-state index contributed by atoms with van der Waals surface area (Å²) in [6, 6.07) is 10.4. The molecule has 0 fully saturated rings. The van der Waals surface area contributed by atoms with Crippen molar-refractivity contribution in [1.82, 2.24) is 0 Å². The molecule has 0 saturated carbocycles. The zero-order valence-corrected chi connectivity index (χ0v) is 18.4. The lowest BCUT2D eigenvalue weighted by Crippen LogP contribution is -2.12. The number of benzene rings is 1. The van der Waals surface area contributed by atoms with Gasteiger partial charge in [0.15, 0.2) is 0 Å². The lowest BCUT2D eigenvalue weighted by Gasteiger charge is -2.17. The van der Waals surface area contributed by atoms with Crippen molar-refractivity contribution in [3.8, 4) is 0 Å². The minimum Gasteiger partial charge on any atom is -0.481 e. The van der Waals surface area contributed by atoms with Crippen LogP contribution in [-0.4, -0.2) is 28.4 Å². The molecular weight excluding hydrogens is 364 g/mol. The van der Waals surface area contributed by atoms with E-state index in [-0.39, 0.29) is 12.5 Å². The molecule has 166 valence electrons. The standard InChI is InChI=1S/C25H42O4/c1-2-14-24(29-21-22-15-8-6-9-16-22)19-12-5-3-4-10-17-23(26)18-11-7-13-20-25(27)28/h6,8-9,15-16,23-24,26H,2-5,7,10-14,17-21H2,1H3,(H,27,28). The molecule has 1 aromatic carbocycles. The minimum absolute atomic E-state index is 0.222. The van der Waals surface area contributed by atoms with Gasteiger partial charge in [0.25, 0.3) is 0 Å². The van der Waals surface area contributed by atoms with Gasteiger partial charge in [-0.25, -0.2) is 0 Å². The number of aliphatic hydroxyl groups excluding tert-OH is 1. The third-order valence-electron chi connectivity index (χ3n) is 5.43. The maximum atomic E-state index is 10.5. The summed E-state index contributed by atoms with van der Waals surface area (Å²) in [6.07, 6.45) is 14.0. The Morgan fingerprint density at radius 3 is 2.07 bits per heavy atom. The lowest BCUT2D eigenvalue weighted by molar-refractivity contribution is -0.137. The monoisotopic (exact) mass is 406 g/mol.